The van der Waals surface area contributed by atoms with Crippen LogP contribution in [-0.2, 0) is 4.79 Å². The van der Waals surface area contributed by atoms with E-state index >= 15 is 0 Å². The standard InChI is InChI=1S/C13H19NO3/c1-10-5-4-6-11(2)13(10)17-8-7-14(3)9-12(15)16/h4-6H,7-9H2,1-3H3,(H,15,16). The number of likely N-dealkylation sites (N-methyl/N-ethyl adjacent to an activating group) is 1. The summed E-state index contributed by atoms with van der Waals surface area (Å²) in [5.41, 5.74) is 2.21. The molecule has 0 saturated heterocycles. The van der Waals surface area contributed by atoms with Gasteiger partial charge in [-0.1, -0.05) is 18.2 Å². The molecule has 0 aliphatic rings. The number of nitrogens with zero attached hydrogens (tertiary/aromatic N) is 1. The average Bonchev–Trinajstić information content (AvgIpc) is 2.21. The smallest absolute Gasteiger partial charge is 0.317 e. The number of rotatable bonds is 6. The summed E-state index contributed by atoms with van der Waals surface area (Å²) in [6.45, 7) is 5.14. The summed E-state index contributed by atoms with van der Waals surface area (Å²) in [6.07, 6.45) is 0. The number of aliphatic carboxylic acids is 1. The Morgan fingerprint density at radius 2 is 1.94 bits per heavy atom. The van der Waals surface area contributed by atoms with Gasteiger partial charge in [0.25, 0.3) is 0 Å². The Balaban J connectivity index is 2.43. The Morgan fingerprint density at radius 3 is 2.47 bits per heavy atom. The number of carbonyl (C=O) groups is 1. The molecule has 4 nitrogen and oxygen atoms in total. The Kier molecular flexibility index (Phi) is 4.97. The predicted octanol–water partition coefficient (Wildman–Crippen LogP) is 1.70. The Bertz CT molecular complexity index is 370. The molecule has 0 unspecified atom stereocenters. The molecule has 0 atom stereocenters. The maximum absolute atomic E-state index is 10.5. The first-order chi connectivity index (χ1) is 8.00. The summed E-state index contributed by atoms with van der Waals surface area (Å²) in [6, 6.07) is 6.00. The summed E-state index contributed by atoms with van der Waals surface area (Å²) in [4.78, 5) is 12.2. The highest BCUT2D eigenvalue weighted by Crippen LogP contribution is 2.21. The van der Waals surface area contributed by atoms with Gasteiger partial charge in [0.05, 0.1) is 6.54 Å². The molecule has 0 bridgehead atoms. The molecule has 1 N–H and O–H groups in total. The highest BCUT2D eigenvalue weighted by molar-refractivity contribution is 5.68. The van der Waals surface area contributed by atoms with Crippen LogP contribution in [0.4, 0.5) is 0 Å². The first-order valence-corrected chi connectivity index (χ1v) is 5.60. The SMILES string of the molecule is Cc1cccc(C)c1OCCN(C)CC(=O)O. The Morgan fingerprint density at radius 1 is 1.35 bits per heavy atom. The topological polar surface area (TPSA) is 49.8 Å². The van der Waals surface area contributed by atoms with Crippen LogP contribution in [0.15, 0.2) is 18.2 Å². The summed E-state index contributed by atoms with van der Waals surface area (Å²) in [5, 5.41) is 8.61. The molecule has 4 heteroatoms. The normalized spacial score (nSPS) is 10.6. The third-order valence-corrected chi connectivity index (χ3v) is 2.53. The number of para-hydroxylation sites is 1. The van der Waals surface area contributed by atoms with Crippen molar-refractivity contribution in [1.82, 2.24) is 4.90 Å². The summed E-state index contributed by atoms with van der Waals surface area (Å²) in [5.74, 6) is 0.0794. The van der Waals surface area contributed by atoms with Crippen molar-refractivity contribution in [2.45, 2.75) is 13.8 Å². The number of benzene rings is 1. The van der Waals surface area contributed by atoms with Gasteiger partial charge in [0, 0.05) is 6.54 Å². The van der Waals surface area contributed by atoms with Crippen LogP contribution in [0.3, 0.4) is 0 Å². The molecule has 0 aromatic heterocycles. The second-order valence-electron chi connectivity index (χ2n) is 4.20. The van der Waals surface area contributed by atoms with Crippen LogP contribution >= 0.6 is 0 Å². The minimum Gasteiger partial charge on any atom is -0.492 e. The van der Waals surface area contributed by atoms with E-state index < -0.39 is 5.97 Å². The zero-order chi connectivity index (χ0) is 12.8. The summed E-state index contributed by atoms with van der Waals surface area (Å²) in [7, 11) is 1.77. The molecule has 0 saturated carbocycles. The van der Waals surface area contributed by atoms with Crippen LogP contribution in [0.1, 0.15) is 11.1 Å². The largest absolute Gasteiger partial charge is 0.492 e. The number of ether oxygens (including phenoxy) is 1. The molecule has 1 rings (SSSR count). The molecule has 1 aromatic carbocycles. The van der Waals surface area contributed by atoms with Crippen LogP contribution in [0.2, 0.25) is 0 Å². The molecule has 0 spiro atoms. The van der Waals surface area contributed by atoms with Crippen LogP contribution in [0, 0.1) is 13.8 Å². The van der Waals surface area contributed by atoms with Gasteiger partial charge in [-0.05, 0) is 32.0 Å². The Labute approximate surface area is 102 Å². The van der Waals surface area contributed by atoms with Crippen molar-refractivity contribution in [3.63, 3.8) is 0 Å². The van der Waals surface area contributed by atoms with Crippen molar-refractivity contribution in [1.29, 1.82) is 0 Å². The van der Waals surface area contributed by atoms with Gasteiger partial charge in [-0.15, -0.1) is 0 Å². The molecule has 0 radical (unpaired) electrons. The molecule has 0 heterocycles. The molecule has 0 fully saturated rings. The third-order valence-electron chi connectivity index (χ3n) is 2.53. The van der Waals surface area contributed by atoms with E-state index in [-0.39, 0.29) is 6.54 Å². The zero-order valence-corrected chi connectivity index (χ0v) is 10.6. The van der Waals surface area contributed by atoms with Crippen molar-refractivity contribution in [3.8, 4) is 5.75 Å². The van der Waals surface area contributed by atoms with Crippen molar-refractivity contribution >= 4 is 5.97 Å². The van der Waals surface area contributed by atoms with Gasteiger partial charge in [0.2, 0.25) is 0 Å². The molecule has 0 aliphatic heterocycles. The fourth-order valence-electron chi connectivity index (χ4n) is 1.64. The number of hydrogen-bond acceptors (Lipinski definition) is 3. The van der Waals surface area contributed by atoms with Crippen molar-refractivity contribution < 1.29 is 14.6 Å². The summed E-state index contributed by atoms with van der Waals surface area (Å²) >= 11 is 0. The van der Waals surface area contributed by atoms with Gasteiger partial charge in [-0.25, -0.2) is 0 Å². The second-order valence-corrected chi connectivity index (χ2v) is 4.20. The van der Waals surface area contributed by atoms with E-state index in [1.54, 1.807) is 11.9 Å². The molecule has 17 heavy (non-hydrogen) atoms. The number of hydrogen-bond donors (Lipinski definition) is 1. The van der Waals surface area contributed by atoms with Crippen molar-refractivity contribution in [2.75, 3.05) is 26.7 Å². The minimum absolute atomic E-state index is 0.0378. The molecule has 1 aromatic rings. The van der Waals surface area contributed by atoms with Crippen LogP contribution in [0.5, 0.6) is 5.75 Å². The lowest BCUT2D eigenvalue weighted by atomic mass is 10.1. The van der Waals surface area contributed by atoms with E-state index in [0.29, 0.717) is 13.2 Å². The fraction of sp³-hybridized carbons (Fsp3) is 0.462. The van der Waals surface area contributed by atoms with E-state index in [0.717, 1.165) is 16.9 Å². The maximum atomic E-state index is 10.5. The van der Waals surface area contributed by atoms with E-state index in [4.69, 9.17) is 9.84 Å². The lowest BCUT2D eigenvalue weighted by molar-refractivity contribution is -0.138. The zero-order valence-electron chi connectivity index (χ0n) is 10.6. The van der Waals surface area contributed by atoms with Gasteiger partial charge in [0.1, 0.15) is 12.4 Å². The van der Waals surface area contributed by atoms with E-state index in [1.807, 2.05) is 32.0 Å². The van der Waals surface area contributed by atoms with Gasteiger partial charge in [-0.3, -0.25) is 9.69 Å². The lowest BCUT2D eigenvalue weighted by Gasteiger charge is -2.16. The number of carboxylic acid groups (broad SMARTS) is 1. The first kappa shape index (κ1) is 13.5. The quantitative estimate of drug-likeness (QED) is 0.818. The van der Waals surface area contributed by atoms with Crippen LogP contribution in [-0.4, -0.2) is 42.7 Å². The van der Waals surface area contributed by atoms with Gasteiger partial charge < -0.3 is 9.84 Å². The lowest BCUT2D eigenvalue weighted by Crippen LogP contribution is -2.29. The highest BCUT2D eigenvalue weighted by atomic mass is 16.5. The molecular formula is C13H19NO3. The third kappa shape index (κ3) is 4.44. The minimum atomic E-state index is -0.820. The second kappa shape index (κ2) is 6.25. The van der Waals surface area contributed by atoms with E-state index in [2.05, 4.69) is 0 Å². The molecule has 94 valence electrons. The molecule has 0 aliphatic carbocycles. The molecular weight excluding hydrogens is 218 g/mol. The monoisotopic (exact) mass is 237 g/mol. The molecule has 0 amide bonds. The van der Waals surface area contributed by atoms with E-state index in [1.165, 1.54) is 0 Å². The number of aryl methyl sites for hydroxylation is 2. The van der Waals surface area contributed by atoms with Crippen molar-refractivity contribution in [3.05, 3.63) is 29.3 Å². The van der Waals surface area contributed by atoms with Crippen LogP contribution < -0.4 is 4.74 Å². The van der Waals surface area contributed by atoms with Gasteiger partial charge >= 0.3 is 5.97 Å². The van der Waals surface area contributed by atoms with E-state index in [9.17, 15) is 4.79 Å². The fourth-order valence-corrected chi connectivity index (χ4v) is 1.64. The summed E-state index contributed by atoms with van der Waals surface area (Å²) < 4.78 is 5.69. The van der Waals surface area contributed by atoms with Gasteiger partial charge in [0.15, 0.2) is 0 Å². The Hall–Kier alpha value is -1.55. The number of carboxylic acids is 1. The maximum Gasteiger partial charge on any atom is 0.317 e. The van der Waals surface area contributed by atoms with Gasteiger partial charge in [-0.2, -0.15) is 0 Å². The van der Waals surface area contributed by atoms with Crippen LogP contribution in [0.25, 0.3) is 0 Å². The predicted molar refractivity (Wildman–Crippen MR) is 66.5 cm³/mol. The first-order valence-electron chi connectivity index (χ1n) is 5.60. The van der Waals surface area contributed by atoms with Crippen molar-refractivity contribution in [2.24, 2.45) is 0 Å². The highest BCUT2D eigenvalue weighted by Gasteiger charge is 2.06. The average molecular weight is 237 g/mol.